The molecule has 66 valence electrons. The van der Waals surface area contributed by atoms with Crippen molar-refractivity contribution in [3.8, 4) is 0 Å². The second-order valence-corrected chi connectivity index (χ2v) is 3.80. The summed E-state index contributed by atoms with van der Waals surface area (Å²) < 4.78 is 13.5. The first kappa shape index (κ1) is 9.92. The van der Waals surface area contributed by atoms with Crippen LogP contribution in [-0.4, -0.2) is 6.54 Å². The first-order chi connectivity index (χ1) is 5.74. The Hall–Kier alpha value is -0.160. The van der Waals surface area contributed by atoms with Gasteiger partial charge in [0, 0.05) is 3.57 Å². The highest BCUT2D eigenvalue weighted by Crippen LogP contribution is 2.13. The Labute approximate surface area is 85.3 Å². The molecule has 0 saturated carbocycles. The quantitative estimate of drug-likeness (QED) is 0.844. The second-order valence-electron chi connectivity index (χ2n) is 2.64. The highest BCUT2D eigenvalue weighted by atomic mass is 127. The van der Waals surface area contributed by atoms with E-state index in [1.807, 2.05) is 34.7 Å². The molecule has 1 rings (SSSR count). The molecule has 0 saturated heterocycles. The van der Waals surface area contributed by atoms with E-state index in [-0.39, 0.29) is 5.82 Å². The van der Waals surface area contributed by atoms with Gasteiger partial charge in [0.1, 0.15) is 5.82 Å². The van der Waals surface area contributed by atoms with Crippen molar-refractivity contribution >= 4 is 22.6 Å². The van der Waals surface area contributed by atoms with Crippen molar-refractivity contribution in [3.05, 3.63) is 33.1 Å². The standard InChI is InChI=1S/C9H11FIN/c10-8-4-3-7(2-1-5-12)6-9(8)11/h3-4,6H,1-2,5,12H2. The van der Waals surface area contributed by atoms with Gasteiger partial charge in [0.2, 0.25) is 0 Å². The number of benzene rings is 1. The molecule has 0 fully saturated rings. The fraction of sp³-hybridized carbons (Fsp3) is 0.333. The third-order valence-electron chi connectivity index (χ3n) is 1.65. The highest BCUT2D eigenvalue weighted by molar-refractivity contribution is 14.1. The first-order valence-corrected chi connectivity index (χ1v) is 4.96. The van der Waals surface area contributed by atoms with Crippen molar-refractivity contribution in [2.75, 3.05) is 6.54 Å². The Morgan fingerprint density at radius 1 is 1.42 bits per heavy atom. The van der Waals surface area contributed by atoms with Gasteiger partial charge >= 0.3 is 0 Å². The number of aryl methyl sites for hydroxylation is 1. The highest BCUT2D eigenvalue weighted by Gasteiger charge is 1.99. The maximum absolute atomic E-state index is 12.8. The van der Waals surface area contributed by atoms with Crippen molar-refractivity contribution < 1.29 is 4.39 Å². The molecule has 0 aliphatic heterocycles. The summed E-state index contributed by atoms with van der Waals surface area (Å²) >= 11 is 2.00. The molecule has 2 N–H and O–H groups in total. The van der Waals surface area contributed by atoms with Gasteiger partial charge in [-0.05, 0) is 59.7 Å². The Bertz CT molecular complexity index is 263. The van der Waals surface area contributed by atoms with Gasteiger partial charge in [0.05, 0.1) is 0 Å². The summed E-state index contributed by atoms with van der Waals surface area (Å²) in [4.78, 5) is 0. The molecule has 0 bridgehead atoms. The molecule has 0 spiro atoms. The van der Waals surface area contributed by atoms with E-state index in [2.05, 4.69) is 0 Å². The predicted octanol–water partition coefficient (Wildman–Crippen LogP) is 2.32. The van der Waals surface area contributed by atoms with Crippen molar-refractivity contribution in [3.63, 3.8) is 0 Å². The Morgan fingerprint density at radius 3 is 2.75 bits per heavy atom. The molecule has 1 aromatic carbocycles. The van der Waals surface area contributed by atoms with Gasteiger partial charge in [0.15, 0.2) is 0 Å². The van der Waals surface area contributed by atoms with E-state index < -0.39 is 0 Å². The van der Waals surface area contributed by atoms with Crippen LogP contribution in [0, 0.1) is 9.39 Å². The minimum atomic E-state index is -0.146. The van der Waals surface area contributed by atoms with Gasteiger partial charge in [-0.25, -0.2) is 4.39 Å². The Balaban J connectivity index is 2.69. The summed E-state index contributed by atoms with van der Waals surface area (Å²) in [5.74, 6) is -0.146. The van der Waals surface area contributed by atoms with Crippen LogP contribution < -0.4 is 5.73 Å². The SMILES string of the molecule is NCCCc1ccc(F)c(I)c1. The summed E-state index contributed by atoms with van der Waals surface area (Å²) in [6.07, 6.45) is 1.90. The maximum atomic E-state index is 12.8. The smallest absolute Gasteiger partial charge is 0.136 e. The van der Waals surface area contributed by atoms with Crippen LogP contribution >= 0.6 is 22.6 Å². The Kier molecular flexibility index (Phi) is 3.94. The van der Waals surface area contributed by atoms with Gasteiger partial charge in [-0.15, -0.1) is 0 Å². The van der Waals surface area contributed by atoms with E-state index in [0.717, 1.165) is 18.4 Å². The van der Waals surface area contributed by atoms with E-state index >= 15 is 0 Å². The van der Waals surface area contributed by atoms with Crippen LogP contribution in [0.1, 0.15) is 12.0 Å². The van der Waals surface area contributed by atoms with Crippen LogP contribution in [0.2, 0.25) is 0 Å². The molecule has 0 aliphatic carbocycles. The van der Waals surface area contributed by atoms with Gasteiger partial charge < -0.3 is 5.73 Å². The molecule has 0 heterocycles. The molecule has 1 nitrogen and oxygen atoms in total. The van der Waals surface area contributed by atoms with Crippen molar-refractivity contribution in [1.29, 1.82) is 0 Å². The lowest BCUT2D eigenvalue weighted by molar-refractivity contribution is 0.619. The summed E-state index contributed by atoms with van der Waals surface area (Å²) in [5.41, 5.74) is 6.53. The molecular formula is C9H11FIN. The van der Waals surface area contributed by atoms with Crippen LogP contribution in [0.4, 0.5) is 4.39 Å². The fourth-order valence-electron chi connectivity index (χ4n) is 1.00. The van der Waals surface area contributed by atoms with Gasteiger partial charge in [0.25, 0.3) is 0 Å². The van der Waals surface area contributed by atoms with Crippen LogP contribution in [0.25, 0.3) is 0 Å². The molecule has 0 aromatic heterocycles. The Morgan fingerprint density at radius 2 is 2.17 bits per heavy atom. The number of halogens is 2. The molecule has 12 heavy (non-hydrogen) atoms. The summed E-state index contributed by atoms with van der Waals surface area (Å²) in [5, 5.41) is 0. The van der Waals surface area contributed by atoms with Crippen molar-refractivity contribution in [2.45, 2.75) is 12.8 Å². The van der Waals surface area contributed by atoms with Crippen LogP contribution in [0.3, 0.4) is 0 Å². The van der Waals surface area contributed by atoms with Crippen LogP contribution in [0.5, 0.6) is 0 Å². The minimum absolute atomic E-state index is 0.146. The third-order valence-corrected chi connectivity index (χ3v) is 2.48. The van der Waals surface area contributed by atoms with Gasteiger partial charge in [-0.3, -0.25) is 0 Å². The first-order valence-electron chi connectivity index (χ1n) is 3.88. The predicted molar refractivity (Wildman–Crippen MR) is 56.5 cm³/mol. The lowest BCUT2D eigenvalue weighted by atomic mass is 10.1. The summed E-state index contributed by atoms with van der Waals surface area (Å²) in [6.45, 7) is 0.688. The zero-order valence-corrected chi connectivity index (χ0v) is 8.84. The zero-order valence-electron chi connectivity index (χ0n) is 6.69. The van der Waals surface area contributed by atoms with E-state index in [0.29, 0.717) is 10.1 Å². The number of nitrogens with two attached hydrogens (primary N) is 1. The lowest BCUT2D eigenvalue weighted by Crippen LogP contribution is -2.00. The number of rotatable bonds is 3. The van der Waals surface area contributed by atoms with Crippen LogP contribution in [-0.2, 0) is 6.42 Å². The number of hydrogen-bond acceptors (Lipinski definition) is 1. The molecule has 0 aliphatic rings. The average molecular weight is 279 g/mol. The molecule has 0 amide bonds. The van der Waals surface area contributed by atoms with Gasteiger partial charge in [-0.1, -0.05) is 6.07 Å². The van der Waals surface area contributed by atoms with Crippen molar-refractivity contribution in [1.82, 2.24) is 0 Å². The number of hydrogen-bond donors (Lipinski definition) is 1. The van der Waals surface area contributed by atoms with E-state index in [4.69, 9.17) is 5.73 Å². The summed E-state index contributed by atoms with van der Waals surface area (Å²) in [7, 11) is 0. The van der Waals surface area contributed by atoms with E-state index in [9.17, 15) is 4.39 Å². The topological polar surface area (TPSA) is 26.0 Å². The molecule has 0 radical (unpaired) electrons. The van der Waals surface area contributed by atoms with E-state index in [1.165, 1.54) is 6.07 Å². The minimum Gasteiger partial charge on any atom is -0.330 e. The average Bonchev–Trinajstić information content (AvgIpc) is 2.07. The molecule has 0 unspecified atom stereocenters. The normalized spacial score (nSPS) is 10.2. The fourth-order valence-corrected chi connectivity index (χ4v) is 1.58. The molecular weight excluding hydrogens is 268 g/mol. The summed E-state index contributed by atoms with van der Waals surface area (Å²) in [6, 6.07) is 5.19. The maximum Gasteiger partial charge on any atom is 0.136 e. The molecule has 1 aromatic rings. The molecule has 0 atom stereocenters. The third kappa shape index (κ3) is 2.71. The van der Waals surface area contributed by atoms with Crippen LogP contribution in [0.15, 0.2) is 18.2 Å². The van der Waals surface area contributed by atoms with Gasteiger partial charge in [-0.2, -0.15) is 0 Å². The largest absolute Gasteiger partial charge is 0.330 e. The zero-order chi connectivity index (χ0) is 8.97. The lowest BCUT2D eigenvalue weighted by Gasteiger charge is -2.00. The monoisotopic (exact) mass is 279 g/mol. The second kappa shape index (κ2) is 4.77. The molecule has 3 heteroatoms. The van der Waals surface area contributed by atoms with Crippen molar-refractivity contribution in [2.24, 2.45) is 5.73 Å². The van der Waals surface area contributed by atoms with E-state index in [1.54, 1.807) is 0 Å².